The summed E-state index contributed by atoms with van der Waals surface area (Å²) in [6.45, 7) is 3.21. The predicted octanol–water partition coefficient (Wildman–Crippen LogP) is 1.86. The number of nitrogens with zero attached hydrogens (tertiary/aromatic N) is 2. The van der Waals surface area contributed by atoms with Gasteiger partial charge in [0.05, 0.1) is 19.1 Å². The number of ether oxygens (including phenoxy) is 2. The molecule has 0 spiro atoms. The molecule has 1 N–H and O–H groups in total. The summed E-state index contributed by atoms with van der Waals surface area (Å²) >= 11 is 0. The maximum absolute atomic E-state index is 12.8. The molecule has 31 heavy (non-hydrogen) atoms. The summed E-state index contributed by atoms with van der Waals surface area (Å²) in [6.07, 6.45) is 0. The van der Waals surface area contributed by atoms with E-state index in [1.165, 1.54) is 4.31 Å². The average Bonchev–Trinajstić information content (AvgIpc) is 2.79. The van der Waals surface area contributed by atoms with Crippen LogP contribution >= 0.6 is 12.4 Å². The normalized spacial score (nSPS) is 15.0. The van der Waals surface area contributed by atoms with Crippen LogP contribution < -0.4 is 14.8 Å². The Labute approximate surface area is 189 Å². The number of hydrogen-bond acceptors (Lipinski definition) is 6. The van der Waals surface area contributed by atoms with Gasteiger partial charge in [-0.1, -0.05) is 6.07 Å². The fourth-order valence-corrected chi connectivity index (χ4v) is 4.71. The van der Waals surface area contributed by atoms with E-state index < -0.39 is 10.0 Å². The summed E-state index contributed by atoms with van der Waals surface area (Å²) in [4.78, 5) is 14.7. The number of rotatable bonds is 8. The first-order valence-electron chi connectivity index (χ1n) is 9.73. The molecule has 0 bridgehead atoms. The number of methoxy groups -OCH3 is 2. The maximum atomic E-state index is 12.8. The largest absolute Gasteiger partial charge is 0.497 e. The number of benzene rings is 2. The van der Waals surface area contributed by atoms with Gasteiger partial charge in [0.1, 0.15) is 11.5 Å². The minimum atomic E-state index is -3.52. The van der Waals surface area contributed by atoms with Crippen LogP contribution in [-0.4, -0.2) is 77.0 Å². The maximum Gasteiger partial charge on any atom is 0.251 e. The zero-order valence-corrected chi connectivity index (χ0v) is 19.2. The third kappa shape index (κ3) is 6.33. The van der Waals surface area contributed by atoms with Crippen molar-refractivity contribution in [2.75, 3.05) is 53.5 Å². The molecule has 2 aromatic rings. The lowest BCUT2D eigenvalue weighted by Crippen LogP contribution is -2.50. The highest BCUT2D eigenvalue weighted by Crippen LogP contribution is 2.20. The van der Waals surface area contributed by atoms with E-state index in [2.05, 4.69) is 10.2 Å². The van der Waals surface area contributed by atoms with E-state index in [4.69, 9.17) is 9.47 Å². The third-order valence-corrected chi connectivity index (χ3v) is 6.99. The number of nitrogens with one attached hydrogen (secondary N) is 1. The van der Waals surface area contributed by atoms with Crippen molar-refractivity contribution >= 4 is 28.3 Å². The monoisotopic (exact) mass is 469 g/mol. The SMILES string of the molecule is COc1ccc(S(=O)(=O)N2CCN(CCNC(=O)c3cccc(OC)c3)CC2)cc1.Cl. The van der Waals surface area contributed by atoms with Crippen LogP contribution in [0.4, 0.5) is 0 Å². The first kappa shape index (κ1) is 24.9. The van der Waals surface area contributed by atoms with Crippen LogP contribution in [0.25, 0.3) is 0 Å². The fourth-order valence-electron chi connectivity index (χ4n) is 3.28. The fraction of sp³-hybridized carbons (Fsp3) is 0.381. The molecule has 0 atom stereocenters. The summed E-state index contributed by atoms with van der Waals surface area (Å²) in [5.74, 6) is 1.10. The van der Waals surface area contributed by atoms with Crippen molar-refractivity contribution in [1.29, 1.82) is 0 Å². The molecule has 0 saturated carbocycles. The lowest BCUT2D eigenvalue weighted by atomic mass is 10.2. The van der Waals surface area contributed by atoms with Gasteiger partial charge in [0, 0.05) is 44.8 Å². The lowest BCUT2D eigenvalue weighted by Gasteiger charge is -2.34. The van der Waals surface area contributed by atoms with Crippen molar-refractivity contribution in [3.05, 3.63) is 54.1 Å². The van der Waals surface area contributed by atoms with Gasteiger partial charge in [0.15, 0.2) is 0 Å². The van der Waals surface area contributed by atoms with Crippen molar-refractivity contribution < 1.29 is 22.7 Å². The molecule has 0 aliphatic carbocycles. The molecule has 170 valence electrons. The quantitative estimate of drug-likeness (QED) is 0.635. The molecule has 0 radical (unpaired) electrons. The van der Waals surface area contributed by atoms with Gasteiger partial charge in [-0.05, 0) is 42.5 Å². The molecule has 0 unspecified atom stereocenters. The van der Waals surface area contributed by atoms with Gasteiger partial charge in [-0.2, -0.15) is 4.31 Å². The number of sulfonamides is 1. The van der Waals surface area contributed by atoms with Crippen molar-refractivity contribution in [1.82, 2.24) is 14.5 Å². The molecule has 10 heteroatoms. The minimum absolute atomic E-state index is 0. The van der Waals surface area contributed by atoms with Crippen LogP contribution in [0.2, 0.25) is 0 Å². The second kappa shape index (κ2) is 11.3. The van der Waals surface area contributed by atoms with Gasteiger partial charge in [-0.15, -0.1) is 12.4 Å². The highest BCUT2D eigenvalue weighted by atomic mass is 35.5. The third-order valence-electron chi connectivity index (χ3n) is 5.07. The van der Waals surface area contributed by atoms with Crippen LogP contribution in [0, 0.1) is 0 Å². The summed E-state index contributed by atoms with van der Waals surface area (Å²) in [7, 11) is -0.413. The number of amides is 1. The highest BCUT2D eigenvalue weighted by molar-refractivity contribution is 7.89. The van der Waals surface area contributed by atoms with E-state index in [0.29, 0.717) is 56.3 Å². The van der Waals surface area contributed by atoms with Crippen LogP contribution in [0.5, 0.6) is 11.5 Å². The van der Waals surface area contributed by atoms with E-state index in [0.717, 1.165) is 0 Å². The average molecular weight is 470 g/mol. The van der Waals surface area contributed by atoms with E-state index in [1.807, 2.05) is 0 Å². The van der Waals surface area contributed by atoms with Gasteiger partial charge in [0.2, 0.25) is 10.0 Å². The number of halogens is 1. The molecule has 3 rings (SSSR count). The first-order chi connectivity index (χ1) is 14.4. The van der Waals surface area contributed by atoms with E-state index in [-0.39, 0.29) is 23.2 Å². The van der Waals surface area contributed by atoms with E-state index >= 15 is 0 Å². The molecule has 8 nitrogen and oxygen atoms in total. The van der Waals surface area contributed by atoms with Gasteiger partial charge in [-0.3, -0.25) is 9.69 Å². The van der Waals surface area contributed by atoms with Crippen LogP contribution in [0.15, 0.2) is 53.4 Å². The van der Waals surface area contributed by atoms with Gasteiger partial charge in [0.25, 0.3) is 5.91 Å². The Morgan fingerprint density at radius 3 is 2.23 bits per heavy atom. The zero-order chi connectivity index (χ0) is 21.6. The van der Waals surface area contributed by atoms with Gasteiger partial charge < -0.3 is 14.8 Å². The number of hydrogen-bond donors (Lipinski definition) is 1. The predicted molar refractivity (Wildman–Crippen MR) is 121 cm³/mol. The summed E-state index contributed by atoms with van der Waals surface area (Å²) in [5.41, 5.74) is 0.546. The molecule has 1 aliphatic rings. The Bertz CT molecular complexity index is 961. The zero-order valence-electron chi connectivity index (χ0n) is 17.6. The summed E-state index contributed by atoms with van der Waals surface area (Å²) in [6, 6.07) is 13.4. The minimum Gasteiger partial charge on any atom is -0.497 e. The molecular formula is C21H28ClN3O5S. The van der Waals surface area contributed by atoms with Crippen LogP contribution in [0.3, 0.4) is 0 Å². The molecule has 2 aromatic carbocycles. The number of carbonyl (C=O) groups is 1. The lowest BCUT2D eigenvalue weighted by molar-refractivity contribution is 0.0944. The second-order valence-corrected chi connectivity index (χ2v) is 8.85. The Morgan fingerprint density at radius 1 is 0.968 bits per heavy atom. The Kier molecular flexibility index (Phi) is 9.12. The van der Waals surface area contributed by atoms with Gasteiger partial charge in [-0.25, -0.2) is 8.42 Å². The van der Waals surface area contributed by atoms with Crippen LogP contribution in [-0.2, 0) is 10.0 Å². The molecule has 0 aromatic heterocycles. The molecule has 1 fully saturated rings. The van der Waals surface area contributed by atoms with E-state index in [9.17, 15) is 13.2 Å². The van der Waals surface area contributed by atoms with Crippen molar-refractivity contribution in [3.8, 4) is 11.5 Å². The molecule has 1 aliphatic heterocycles. The van der Waals surface area contributed by atoms with Gasteiger partial charge >= 0.3 is 0 Å². The highest BCUT2D eigenvalue weighted by Gasteiger charge is 2.28. The van der Waals surface area contributed by atoms with Crippen molar-refractivity contribution in [2.45, 2.75) is 4.90 Å². The smallest absolute Gasteiger partial charge is 0.251 e. The molecule has 1 heterocycles. The Balaban J connectivity index is 0.00000341. The summed E-state index contributed by atoms with van der Waals surface area (Å²) < 4.78 is 37.3. The number of carbonyl (C=O) groups excluding carboxylic acids is 1. The standard InChI is InChI=1S/C21H27N3O5S.ClH/c1-28-18-6-8-20(9-7-18)30(26,27)24-14-12-23(13-15-24)11-10-22-21(25)17-4-3-5-19(16-17)29-2;/h3-9,16H,10-15H2,1-2H3,(H,22,25);1H. The first-order valence-corrected chi connectivity index (χ1v) is 11.2. The van der Waals surface area contributed by atoms with Crippen LogP contribution in [0.1, 0.15) is 10.4 Å². The van der Waals surface area contributed by atoms with Crippen molar-refractivity contribution in [2.24, 2.45) is 0 Å². The molecule has 1 amide bonds. The van der Waals surface area contributed by atoms with E-state index in [1.54, 1.807) is 62.8 Å². The topological polar surface area (TPSA) is 88.2 Å². The summed E-state index contributed by atoms with van der Waals surface area (Å²) in [5, 5.41) is 2.90. The Hall–Kier alpha value is -2.33. The van der Waals surface area contributed by atoms with Crippen molar-refractivity contribution in [3.63, 3.8) is 0 Å². The Morgan fingerprint density at radius 2 is 1.61 bits per heavy atom. The second-order valence-electron chi connectivity index (χ2n) is 6.91. The molecular weight excluding hydrogens is 442 g/mol. The molecule has 1 saturated heterocycles. The number of piperazine rings is 1.